The molecule has 2 heteroatoms. The van der Waals surface area contributed by atoms with E-state index in [1.807, 2.05) is 0 Å². The molecule has 2 nitrogen and oxygen atoms in total. The first-order valence-electron chi connectivity index (χ1n) is 7.92. The molecule has 0 fully saturated rings. The van der Waals surface area contributed by atoms with Gasteiger partial charge < -0.3 is 5.32 Å². The third-order valence-electron chi connectivity index (χ3n) is 3.70. The molecule has 1 amide bonds. The predicted molar refractivity (Wildman–Crippen MR) is 87.3 cm³/mol. The lowest BCUT2D eigenvalue weighted by molar-refractivity contribution is -0.116. The van der Waals surface area contributed by atoms with Crippen LogP contribution in [-0.4, -0.2) is 5.91 Å². The minimum atomic E-state index is 0.149. The van der Waals surface area contributed by atoms with Crippen LogP contribution in [-0.2, 0) is 4.79 Å². The molecule has 20 heavy (non-hydrogen) atoms. The maximum atomic E-state index is 12.0. The Morgan fingerprint density at radius 2 is 1.50 bits per heavy atom. The van der Waals surface area contributed by atoms with Crippen molar-refractivity contribution in [1.82, 2.24) is 0 Å². The van der Waals surface area contributed by atoms with Crippen molar-refractivity contribution in [3.63, 3.8) is 0 Å². The van der Waals surface area contributed by atoms with Gasteiger partial charge in [0.05, 0.1) is 0 Å². The Labute approximate surface area is 124 Å². The number of anilines is 1. The second-order valence-electron chi connectivity index (χ2n) is 5.84. The van der Waals surface area contributed by atoms with E-state index in [9.17, 15) is 4.79 Å². The van der Waals surface area contributed by atoms with Gasteiger partial charge in [-0.2, -0.15) is 0 Å². The summed E-state index contributed by atoms with van der Waals surface area (Å²) in [4.78, 5) is 12.0. The Kier molecular flexibility index (Phi) is 7.35. The highest BCUT2D eigenvalue weighted by atomic mass is 16.1. The summed E-state index contributed by atoms with van der Waals surface area (Å²) in [6.07, 6.45) is 7.94. The van der Waals surface area contributed by atoms with Crippen LogP contribution in [0.3, 0.4) is 0 Å². The first kappa shape index (κ1) is 16.7. The van der Waals surface area contributed by atoms with Crippen molar-refractivity contribution in [2.75, 3.05) is 5.32 Å². The molecule has 1 N–H and O–H groups in total. The van der Waals surface area contributed by atoms with Gasteiger partial charge >= 0.3 is 0 Å². The molecule has 0 radical (unpaired) electrons. The van der Waals surface area contributed by atoms with Crippen LogP contribution in [0.2, 0.25) is 0 Å². The van der Waals surface area contributed by atoms with Crippen molar-refractivity contribution in [2.24, 2.45) is 0 Å². The Morgan fingerprint density at radius 3 is 2.10 bits per heavy atom. The maximum absolute atomic E-state index is 12.0. The fraction of sp³-hybridized carbons (Fsp3) is 0.611. The molecule has 0 unspecified atom stereocenters. The van der Waals surface area contributed by atoms with E-state index in [1.165, 1.54) is 37.7 Å². The van der Waals surface area contributed by atoms with Crippen LogP contribution in [0.25, 0.3) is 0 Å². The summed E-state index contributed by atoms with van der Waals surface area (Å²) in [6, 6.07) is 4.24. The molecule has 1 rings (SSSR count). The molecule has 0 spiro atoms. The Bertz CT molecular complexity index is 414. The van der Waals surface area contributed by atoms with Gasteiger partial charge in [0.15, 0.2) is 0 Å². The van der Waals surface area contributed by atoms with Crippen molar-refractivity contribution in [3.8, 4) is 0 Å². The number of carbonyl (C=O) groups excluding carboxylic acids is 1. The molecule has 0 atom stereocenters. The van der Waals surface area contributed by atoms with E-state index in [2.05, 4.69) is 45.1 Å². The number of carbonyl (C=O) groups is 1. The number of hydrogen-bond acceptors (Lipinski definition) is 1. The number of amides is 1. The summed E-state index contributed by atoms with van der Waals surface area (Å²) in [6.45, 7) is 8.42. The van der Waals surface area contributed by atoms with E-state index in [-0.39, 0.29) is 5.91 Å². The average molecular weight is 275 g/mol. The summed E-state index contributed by atoms with van der Waals surface area (Å²) in [5.74, 6) is 0.149. The molecule has 0 aliphatic carbocycles. The molecule has 0 bridgehead atoms. The van der Waals surface area contributed by atoms with Crippen LogP contribution in [0.4, 0.5) is 5.69 Å². The zero-order valence-corrected chi connectivity index (χ0v) is 13.5. The van der Waals surface area contributed by atoms with E-state index in [0.717, 1.165) is 23.2 Å². The van der Waals surface area contributed by atoms with Gasteiger partial charge in [-0.15, -0.1) is 0 Å². The second kappa shape index (κ2) is 8.78. The number of rotatable bonds is 8. The highest BCUT2D eigenvalue weighted by molar-refractivity contribution is 5.92. The summed E-state index contributed by atoms with van der Waals surface area (Å²) >= 11 is 0. The monoisotopic (exact) mass is 275 g/mol. The molecular formula is C18H29NO. The summed E-state index contributed by atoms with van der Waals surface area (Å²) < 4.78 is 0. The molecule has 0 aliphatic rings. The normalized spacial score (nSPS) is 10.6. The van der Waals surface area contributed by atoms with Crippen LogP contribution in [0.5, 0.6) is 0 Å². The lowest BCUT2D eigenvalue weighted by Crippen LogP contribution is -2.13. The largest absolute Gasteiger partial charge is 0.326 e. The van der Waals surface area contributed by atoms with Crippen LogP contribution in [0.15, 0.2) is 12.1 Å². The third-order valence-corrected chi connectivity index (χ3v) is 3.70. The Morgan fingerprint density at radius 1 is 0.950 bits per heavy atom. The predicted octanol–water partition coefficient (Wildman–Crippen LogP) is 5.30. The number of nitrogens with one attached hydrogen (secondary N) is 1. The smallest absolute Gasteiger partial charge is 0.224 e. The topological polar surface area (TPSA) is 29.1 Å². The SMILES string of the molecule is CCCCCCCCC(=O)Nc1c(C)cc(C)cc1C. The molecule has 0 aliphatic heterocycles. The van der Waals surface area contributed by atoms with Gasteiger partial charge in [-0.05, 0) is 38.3 Å². The van der Waals surface area contributed by atoms with Crippen molar-refractivity contribution in [1.29, 1.82) is 0 Å². The van der Waals surface area contributed by atoms with E-state index in [4.69, 9.17) is 0 Å². The van der Waals surface area contributed by atoms with Gasteiger partial charge in [0.1, 0.15) is 0 Å². The zero-order chi connectivity index (χ0) is 15.0. The molecule has 112 valence electrons. The molecule has 0 saturated heterocycles. The second-order valence-corrected chi connectivity index (χ2v) is 5.84. The molecule has 1 aromatic carbocycles. The van der Waals surface area contributed by atoms with Crippen LogP contribution >= 0.6 is 0 Å². The van der Waals surface area contributed by atoms with E-state index in [0.29, 0.717) is 6.42 Å². The van der Waals surface area contributed by atoms with Crippen LogP contribution in [0.1, 0.15) is 68.6 Å². The van der Waals surface area contributed by atoms with Gasteiger partial charge in [0, 0.05) is 12.1 Å². The third kappa shape index (κ3) is 5.77. The average Bonchev–Trinajstić information content (AvgIpc) is 2.38. The number of benzene rings is 1. The highest BCUT2D eigenvalue weighted by Gasteiger charge is 2.07. The quantitative estimate of drug-likeness (QED) is 0.641. The number of unbranched alkanes of at least 4 members (excludes halogenated alkanes) is 5. The lowest BCUT2D eigenvalue weighted by Gasteiger charge is -2.12. The van der Waals surface area contributed by atoms with Crippen molar-refractivity contribution < 1.29 is 4.79 Å². The molecule has 0 heterocycles. The van der Waals surface area contributed by atoms with E-state index in [1.54, 1.807) is 0 Å². The molecule has 1 aromatic rings. The van der Waals surface area contributed by atoms with Gasteiger partial charge in [-0.1, -0.05) is 56.7 Å². The Hall–Kier alpha value is -1.31. The minimum Gasteiger partial charge on any atom is -0.326 e. The first-order chi connectivity index (χ1) is 9.54. The fourth-order valence-corrected chi connectivity index (χ4v) is 2.64. The van der Waals surface area contributed by atoms with E-state index >= 15 is 0 Å². The fourth-order valence-electron chi connectivity index (χ4n) is 2.64. The van der Waals surface area contributed by atoms with Crippen molar-refractivity contribution in [3.05, 3.63) is 28.8 Å². The van der Waals surface area contributed by atoms with Gasteiger partial charge in [0.2, 0.25) is 5.91 Å². The standard InChI is InChI=1S/C18H29NO/c1-5-6-7-8-9-10-11-17(20)19-18-15(3)12-14(2)13-16(18)4/h12-13H,5-11H2,1-4H3,(H,19,20). The number of hydrogen-bond donors (Lipinski definition) is 1. The molecule has 0 saturated carbocycles. The molecule has 0 aromatic heterocycles. The summed E-state index contributed by atoms with van der Waals surface area (Å²) in [7, 11) is 0. The maximum Gasteiger partial charge on any atom is 0.224 e. The van der Waals surface area contributed by atoms with Gasteiger partial charge in [0.25, 0.3) is 0 Å². The van der Waals surface area contributed by atoms with Crippen molar-refractivity contribution in [2.45, 2.75) is 72.6 Å². The summed E-state index contributed by atoms with van der Waals surface area (Å²) in [5, 5.41) is 3.07. The lowest BCUT2D eigenvalue weighted by atomic mass is 10.0. The van der Waals surface area contributed by atoms with Crippen LogP contribution in [0, 0.1) is 20.8 Å². The zero-order valence-electron chi connectivity index (χ0n) is 13.5. The highest BCUT2D eigenvalue weighted by Crippen LogP contribution is 2.22. The van der Waals surface area contributed by atoms with Gasteiger partial charge in [-0.3, -0.25) is 4.79 Å². The Balaban J connectivity index is 2.36. The summed E-state index contributed by atoms with van der Waals surface area (Å²) in [5.41, 5.74) is 4.54. The minimum absolute atomic E-state index is 0.149. The van der Waals surface area contributed by atoms with E-state index < -0.39 is 0 Å². The number of aryl methyl sites for hydroxylation is 3. The molecular weight excluding hydrogens is 246 g/mol. The van der Waals surface area contributed by atoms with Crippen molar-refractivity contribution >= 4 is 11.6 Å². The van der Waals surface area contributed by atoms with Crippen LogP contribution < -0.4 is 5.32 Å². The van der Waals surface area contributed by atoms with Gasteiger partial charge in [-0.25, -0.2) is 0 Å². The first-order valence-corrected chi connectivity index (χ1v) is 7.92.